The van der Waals surface area contributed by atoms with E-state index in [1.54, 1.807) is 15.6 Å². The van der Waals surface area contributed by atoms with Crippen molar-refractivity contribution in [3.05, 3.63) is 28.8 Å². The van der Waals surface area contributed by atoms with Gasteiger partial charge in [-0.1, -0.05) is 0 Å². The quantitative estimate of drug-likeness (QED) is 0.847. The fraction of sp³-hybridized carbons (Fsp3) is 0.462. The van der Waals surface area contributed by atoms with Gasteiger partial charge in [-0.3, -0.25) is 14.2 Å². The van der Waals surface area contributed by atoms with E-state index in [4.69, 9.17) is 5.73 Å². The molecule has 3 N–H and O–H groups in total. The summed E-state index contributed by atoms with van der Waals surface area (Å²) in [6.07, 6.45) is 1.76. The second-order valence-corrected chi connectivity index (χ2v) is 4.90. The SMILES string of the molecule is Cc1nn(CC(=O)NCc2cnn(C)c2C)c(C)c1N. The van der Waals surface area contributed by atoms with Crippen LogP contribution in [-0.4, -0.2) is 25.5 Å². The Morgan fingerprint density at radius 3 is 2.55 bits per heavy atom. The maximum absolute atomic E-state index is 11.9. The second-order valence-electron chi connectivity index (χ2n) is 4.90. The number of nitrogens with one attached hydrogen (secondary N) is 1. The van der Waals surface area contributed by atoms with Crippen LogP contribution >= 0.6 is 0 Å². The molecule has 2 heterocycles. The summed E-state index contributed by atoms with van der Waals surface area (Å²) in [6.45, 7) is 6.29. The van der Waals surface area contributed by atoms with Crippen LogP contribution in [0.3, 0.4) is 0 Å². The summed E-state index contributed by atoms with van der Waals surface area (Å²) in [5, 5.41) is 11.2. The molecule has 2 aromatic heterocycles. The largest absolute Gasteiger partial charge is 0.396 e. The number of anilines is 1. The lowest BCUT2D eigenvalue weighted by Crippen LogP contribution is -2.28. The Bertz CT molecular complexity index is 640. The van der Waals surface area contributed by atoms with Gasteiger partial charge in [-0.25, -0.2) is 0 Å². The highest BCUT2D eigenvalue weighted by atomic mass is 16.2. The number of carbonyl (C=O) groups excluding carboxylic acids is 1. The molecule has 0 saturated heterocycles. The molecule has 108 valence electrons. The summed E-state index contributed by atoms with van der Waals surface area (Å²) in [4.78, 5) is 11.9. The van der Waals surface area contributed by atoms with Gasteiger partial charge >= 0.3 is 0 Å². The molecule has 7 heteroatoms. The molecule has 2 aromatic rings. The first-order valence-corrected chi connectivity index (χ1v) is 6.43. The minimum absolute atomic E-state index is 0.0983. The monoisotopic (exact) mass is 276 g/mol. The molecule has 0 spiro atoms. The molecular weight excluding hydrogens is 256 g/mol. The minimum atomic E-state index is -0.0983. The summed E-state index contributed by atoms with van der Waals surface area (Å²) in [5.74, 6) is -0.0983. The zero-order valence-electron chi connectivity index (χ0n) is 12.3. The van der Waals surface area contributed by atoms with Gasteiger partial charge in [-0.2, -0.15) is 10.2 Å². The molecule has 0 aliphatic rings. The first kappa shape index (κ1) is 14.1. The maximum atomic E-state index is 11.9. The molecule has 7 nitrogen and oxygen atoms in total. The molecule has 2 rings (SSSR count). The molecule has 0 fully saturated rings. The molecule has 0 aromatic carbocycles. The Morgan fingerprint density at radius 2 is 2.05 bits per heavy atom. The highest BCUT2D eigenvalue weighted by Crippen LogP contribution is 2.14. The summed E-state index contributed by atoms with van der Waals surface area (Å²) in [6, 6.07) is 0. The van der Waals surface area contributed by atoms with Gasteiger partial charge in [0.2, 0.25) is 5.91 Å². The van der Waals surface area contributed by atoms with Crippen molar-refractivity contribution in [2.45, 2.75) is 33.9 Å². The van der Waals surface area contributed by atoms with Crippen LogP contribution in [0.1, 0.15) is 22.6 Å². The Hall–Kier alpha value is -2.31. The molecule has 0 atom stereocenters. The third-order valence-electron chi connectivity index (χ3n) is 3.54. The zero-order chi connectivity index (χ0) is 14.9. The number of nitrogen functional groups attached to an aromatic ring is 1. The lowest BCUT2D eigenvalue weighted by molar-refractivity contribution is -0.122. The smallest absolute Gasteiger partial charge is 0.242 e. The molecule has 0 aliphatic carbocycles. The second kappa shape index (κ2) is 5.36. The van der Waals surface area contributed by atoms with Gasteiger partial charge in [0.15, 0.2) is 0 Å². The zero-order valence-corrected chi connectivity index (χ0v) is 12.3. The number of amides is 1. The molecule has 0 unspecified atom stereocenters. The van der Waals surface area contributed by atoms with E-state index < -0.39 is 0 Å². The van der Waals surface area contributed by atoms with Gasteiger partial charge in [0.1, 0.15) is 6.54 Å². The Labute approximate surface area is 117 Å². The van der Waals surface area contributed by atoms with Crippen LogP contribution in [0.5, 0.6) is 0 Å². The first-order chi connectivity index (χ1) is 9.40. The van der Waals surface area contributed by atoms with E-state index in [1.165, 1.54) is 0 Å². The normalized spacial score (nSPS) is 10.8. The van der Waals surface area contributed by atoms with Crippen molar-refractivity contribution in [1.29, 1.82) is 0 Å². The van der Waals surface area contributed by atoms with Crippen molar-refractivity contribution < 1.29 is 4.79 Å². The van der Waals surface area contributed by atoms with Crippen LogP contribution in [0.4, 0.5) is 5.69 Å². The summed E-state index contributed by atoms with van der Waals surface area (Å²) >= 11 is 0. The molecule has 0 bridgehead atoms. The molecular formula is C13H20N6O. The summed E-state index contributed by atoms with van der Waals surface area (Å²) in [7, 11) is 1.87. The molecule has 0 radical (unpaired) electrons. The van der Waals surface area contributed by atoms with Gasteiger partial charge in [0, 0.05) is 24.8 Å². The predicted octanol–water partition coefficient (Wildman–Crippen LogP) is 0.440. The standard InChI is InChI=1S/C13H20N6O/c1-8-13(14)10(3)19(17-8)7-12(20)15-5-11-6-16-18(4)9(11)2/h6H,5,7,14H2,1-4H3,(H,15,20). The Kier molecular flexibility index (Phi) is 3.78. The van der Waals surface area contributed by atoms with E-state index in [0.29, 0.717) is 12.2 Å². The van der Waals surface area contributed by atoms with Crippen LogP contribution in [0.25, 0.3) is 0 Å². The third-order valence-corrected chi connectivity index (χ3v) is 3.54. The predicted molar refractivity (Wildman–Crippen MR) is 75.9 cm³/mol. The highest BCUT2D eigenvalue weighted by Gasteiger charge is 2.12. The van der Waals surface area contributed by atoms with Crippen LogP contribution in [0.2, 0.25) is 0 Å². The number of aryl methyl sites for hydroxylation is 2. The Morgan fingerprint density at radius 1 is 1.35 bits per heavy atom. The number of hydrogen-bond acceptors (Lipinski definition) is 4. The third kappa shape index (κ3) is 2.66. The van der Waals surface area contributed by atoms with Crippen LogP contribution < -0.4 is 11.1 Å². The van der Waals surface area contributed by atoms with Gasteiger partial charge in [0.25, 0.3) is 0 Å². The van der Waals surface area contributed by atoms with Crippen molar-refractivity contribution in [2.24, 2.45) is 7.05 Å². The lowest BCUT2D eigenvalue weighted by atomic mass is 10.2. The minimum Gasteiger partial charge on any atom is -0.396 e. The lowest BCUT2D eigenvalue weighted by Gasteiger charge is -2.06. The van der Waals surface area contributed by atoms with Crippen LogP contribution in [0.15, 0.2) is 6.20 Å². The number of rotatable bonds is 4. The molecule has 1 amide bonds. The molecule has 0 aliphatic heterocycles. The Balaban J connectivity index is 1.96. The summed E-state index contributed by atoms with van der Waals surface area (Å²) in [5.41, 5.74) is 10.1. The maximum Gasteiger partial charge on any atom is 0.242 e. The van der Waals surface area contributed by atoms with Crippen LogP contribution in [0, 0.1) is 20.8 Å². The van der Waals surface area contributed by atoms with Crippen molar-refractivity contribution in [2.75, 3.05) is 5.73 Å². The number of aromatic nitrogens is 4. The van der Waals surface area contributed by atoms with Gasteiger partial charge in [-0.15, -0.1) is 0 Å². The fourth-order valence-electron chi connectivity index (χ4n) is 1.97. The van der Waals surface area contributed by atoms with Gasteiger partial charge in [-0.05, 0) is 20.8 Å². The average Bonchev–Trinajstić information content (AvgIpc) is 2.84. The first-order valence-electron chi connectivity index (χ1n) is 6.43. The fourth-order valence-corrected chi connectivity index (χ4v) is 1.97. The van der Waals surface area contributed by atoms with Crippen molar-refractivity contribution in [1.82, 2.24) is 24.9 Å². The molecule has 0 saturated carbocycles. The van der Waals surface area contributed by atoms with E-state index in [1.807, 2.05) is 27.8 Å². The topological polar surface area (TPSA) is 90.8 Å². The van der Waals surface area contributed by atoms with Gasteiger partial charge < -0.3 is 11.1 Å². The van der Waals surface area contributed by atoms with E-state index in [9.17, 15) is 4.79 Å². The number of nitrogens with zero attached hydrogens (tertiary/aromatic N) is 4. The average molecular weight is 276 g/mol. The number of carbonyl (C=O) groups is 1. The highest BCUT2D eigenvalue weighted by molar-refractivity contribution is 5.76. The number of hydrogen-bond donors (Lipinski definition) is 2. The number of nitrogens with two attached hydrogens (primary N) is 1. The van der Waals surface area contributed by atoms with E-state index in [0.717, 1.165) is 22.6 Å². The van der Waals surface area contributed by atoms with Crippen molar-refractivity contribution >= 4 is 11.6 Å². The van der Waals surface area contributed by atoms with Crippen molar-refractivity contribution in [3.63, 3.8) is 0 Å². The van der Waals surface area contributed by atoms with Gasteiger partial charge in [0.05, 0.1) is 23.3 Å². The summed E-state index contributed by atoms with van der Waals surface area (Å²) < 4.78 is 3.40. The van der Waals surface area contributed by atoms with Crippen LogP contribution in [-0.2, 0) is 24.9 Å². The van der Waals surface area contributed by atoms with E-state index >= 15 is 0 Å². The van der Waals surface area contributed by atoms with Crippen molar-refractivity contribution in [3.8, 4) is 0 Å². The molecule has 20 heavy (non-hydrogen) atoms. The van der Waals surface area contributed by atoms with E-state index in [-0.39, 0.29) is 12.5 Å². The van der Waals surface area contributed by atoms with E-state index in [2.05, 4.69) is 15.5 Å².